The van der Waals surface area contributed by atoms with Gasteiger partial charge in [0.25, 0.3) is 0 Å². The van der Waals surface area contributed by atoms with Gasteiger partial charge in [0.05, 0.1) is 11.4 Å². The van der Waals surface area contributed by atoms with Crippen molar-refractivity contribution in [2.75, 3.05) is 33.7 Å². The number of benzene rings is 1. The van der Waals surface area contributed by atoms with Gasteiger partial charge in [-0.15, -0.1) is 0 Å². The number of sulfonamides is 1. The third-order valence-corrected chi connectivity index (χ3v) is 6.81. The lowest BCUT2D eigenvalue weighted by molar-refractivity contribution is -0.135. The minimum atomic E-state index is -3.72. The molecule has 7 nitrogen and oxygen atoms in total. The van der Waals surface area contributed by atoms with Crippen molar-refractivity contribution in [3.05, 3.63) is 29.3 Å². The van der Waals surface area contributed by atoms with Crippen LogP contribution < -0.4 is 5.32 Å². The van der Waals surface area contributed by atoms with E-state index in [1.165, 1.54) is 7.05 Å². The lowest BCUT2D eigenvalue weighted by atomic mass is 9.96. The SMILES string of the molecule is CNC(=O)C1CCN(C(=O)CN(C)S(=O)(=O)c2ccc(C)c(C)c2)CC1. The molecule has 1 fully saturated rings. The Hall–Kier alpha value is -1.93. The summed E-state index contributed by atoms with van der Waals surface area (Å²) >= 11 is 0. The Balaban J connectivity index is 2.00. The van der Waals surface area contributed by atoms with Crippen LogP contribution in [0.3, 0.4) is 0 Å². The van der Waals surface area contributed by atoms with Gasteiger partial charge in [-0.25, -0.2) is 8.42 Å². The summed E-state index contributed by atoms with van der Waals surface area (Å²) in [6, 6.07) is 4.95. The van der Waals surface area contributed by atoms with E-state index < -0.39 is 10.0 Å². The summed E-state index contributed by atoms with van der Waals surface area (Å²) in [4.78, 5) is 26.0. The summed E-state index contributed by atoms with van der Waals surface area (Å²) in [6.45, 7) is 4.50. The fraction of sp³-hybridized carbons (Fsp3) is 0.556. The highest BCUT2D eigenvalue weighted by Crippen LogP contribution is 2.20. The first-order valence-corrected chi connectivity index (χ1v) is 10.1. The first kappa shape index (κ1) is 20.4. The number of nitrogens with zero attached hydrogens (tertiary/aromatic N) is 2. The molecule has 0 radical (unpaired) electrons. The van der Waals surface area contributed by atoms with E-state index >= 15 is 0 Å². The van der Waals surface area contributed by atoms with Crippen molar-refractivity contribution in [2.24, 2.45) is 5.92 Å². The number of amides is 2. The summed E-state index contributed by atoms with van der Waals surface area (Å²) in [5, 5.41) is 2.63. The van der Waals surface area contributed by atoms with Crippen LogP contribution in [0.4, 0.5) is 0 Å². The van der Waals surface area contributed by atoms with Gasteiger partial charge in [0, 0.05) is 33.1 Å². The molecule has 0 spiro atoms. The van der Waals surface area contributed by atoms with Crippen LogP contribution in [0, 0.1) is 19.8 Å². The van der Waals surface area contributed by atoms with Gasteiger partial charge in [0.2, 0.25) is 21.8 Å². The van der Waals surface area contributed by atoms with Crippen molar-refractivity contribution in [3.8, 4) is 0 Å². The lowest BCUT2D eigenvalue weighted by Gasteiger charge is -2.32. The van der Waals surface area contributed by atoms with Crippen LogP contribution >= 0.6 is 0 Å². The normalized spacial score (nSPS) is 16.0. The molecule has 8 heteroatoms. The number of likely N-dealkylation sites (N-methyl/N-ethyl adjacent to an activating group) is 1. The van der Waals surface area contributed by atoms with Crippen molar-refractivity contribution in [1.82, 2.24) is 14.5 Å². The second kappa shape index (κ2) is 8.18. The first-order chi connectivity index (χ1) is 12.2. The van der Waals surface area contributed by atoms with E-state index in [-0.39, 0.29) is 29.2 Å². The van der Waals surface area contributed by atoms with Crippen molar-refractivity contribution < 1.29 is 18.0 Å². The minimum Gasteiger partial charge on any atom is -0.359 e. The second-order valence-electron chi connectivity index (χ2n) is 6.78. The fourth-order valence-electron chi connectivity index (χ4n) is 3.02. The third-order valence-electron chi connectivity index (χ3n) is 5.01. The van der Waals surface area contributed by atoms with Crippen LogP contribution in [0.1, 0.15) is 24.0 Å². The quantitative estimate of drug-likeness (QED) is 0.821. The molecular formula is C18H27N3O4S. The zero-order valence-electron chi connectivity index (χ0n) is 15.8. The third kappa shape index (κ3) is 4.42. The molecule has 1 aromatic carbocycles. The molecule has 1 heterocycles. The Morgan fingerprint density at radius 2 is 1.81 bits per heavy atom. The largest absolute Gasteiger partial charge is 0.359 e. The number of aryl methyl sites for hydroxylation is 2. The maximum Gasteiger partial charge on any atom is 0.243 e. The van der Waals surface area contributed by atoms with Gasteiger partial charge in [-0.1, -0.05) is 6.07 Å². The number of hydrogen-bond acceptors (Lipinski definition) is 4. The topological polar surface area (TPSA) is 86.8 Å². The zero-order valence-corrected chi connectivity index (χ0v) is 16.6. The standard InChI is InChI=1S/C18H27N3O4S/c1-13-5-6-16(11-14(13)2)26(24,25)20(4)12-17(22)21-9-7-15(8-10-21)18(23)19-3/h5-6,11,15H,7-10,12H2,1-4H3,(H,19,23). The molecule has 0 aromatic heterocycles. The van der Waals surface area contributed by atoms with Crippen molar-refractivity contribution in [3.63, 3.8) is 0 Å². The molecule has 26 heavy (non-hydrogen) atoms. The number of nitrogens with one attached hydrogen (secondary N) is 1. The number of carbonyl (C=O) groups is 2. The highest BCUT2D eigenvalue weighted by atomic mass is 32.2. The van der Waals surface area contributed by atoms with Crippen molar-refractivity contribution in [1.29, 1.82) is 0 Å². The molecule has 0 aliphatic carbocycles. The minimum absolute atomic E-state index is 0.00784. The average molecular weight is 381 g/mol. The molecule has 1 aromatic rings. The zero-order chi connectivity index (χ0) is 19.5. The van der Waals surface area contributed by atoms with E-state index in [4.69, 9.17) is 0 Å². The number of hydrogen-bond donors (Lipinski definition) is 1. The van der Waals surface area contributed by atoms with Crippen molar-refractivity contribution in [2.45, 2.75) is 31.6 Å². The van der Waals surface area contributed by atoms with Gasteiger partial charge in [-0.05, 0) is 49.9 Å². The summed E-state index contributed by atoms with van der Waals surface area (Å²) in [5.74, 6) is -0.331. The van der Waals surface area contributed by atoms with Gasteiger partial charge in [-0.3, -0.25) is 9.59 Å². The first-order valence-electron chi connectivity index (χ1n) is 8.69. The second-order valence-corrected chi connectivity index (χ2v) is 8.82. The van der Waals surface area contributed by atoms with Crippen LogP contribution in [0.5, 0.6) is 0 Å². The molecule has 1 aliphatic heterocycles. The summed E-state index contributed by atoms with van der Waals surface area (Å²) < 4.78 is 26.5. The van der Waals surface area contributed by atoms with E-state index in [2.05, 4.69) is 5.32 Å². The van der Waals surface area contributed by atoms with E-state index in [1.54, 1.807) is 30.1 Å². The Bertz CT molecular complexity index is 784. The molecule has 0 atom stereocenters. The Labute approximate surface area is 155 Å². The molecule has 144 valence electrons. The predicted octanol–water partition coefficient (Wildman–Crippen LogP) is 0.909. The molecule has 1 aliphatic rings. The number of piperidine rings is 1. The number of rotatable bonds is 5. The van der Waals surface area contributed by atoms with Crippen LogP contribution in [-0.2, 0) is 19.6 Å². The van der Waals surface area contributed by atoms with E-state index in [1.807, 2.05) is 13.8 Å². The number of likely N-dealkylation sites (tertiary alicyclic amines) is 1. The predicted molar refractivity (Wildman–Crippen MR) is 99.1 cm³/mol. The van der Waals surface area contributed by atoms with Crippen LogP contribution in [0.2, 0.25) is 0 Å². The van der Waals surface area contributed by atoms with Crippen molar-refractivity contribution >= 4 is 21.8 Å². The van der Waals surface area contributed by atoms with Gasteiger partial charge in [0.15, 0.2) is 0 Å². The highest BCUT2D eigenvalue weighted by molar-refractivity contribution is 7.89. The summed E-state index contributed by atoms with van der Waals surface area (Å²) in [6.07, 6.45) is 1.19. The van der Waals surface area contributed by atoms with Crippen LogP contribution in [-0.4, -0.2) is 63.2 Å². The molecule has 0 saturated carbocycles. The Kier molecular flexibility index (Phi) is 6.41. The molecule has 0 unspecified atom stereocenters. The molecule has 1 N–H and O–H groups in total. The van der Waals surface area contributed by atoms with Gasteiger partial charge in [-0.2, -0.15) is 4.31 Å². The lowest BCUT2D eigenvalue weighted by Crippen LogP contribution is -2.46. The number of carbonyl (C=O) groups excluding carboxylic acids is 2. The van der Waals surface area contributed by atoms with Gasteiger partial charge < -0.3 is 10.2 Å². The molecule has 2 amide bonds. The van der Waals surface area contributed by atoms with Gasteiger partial charge in [0.1, 0.15) is 0 Å². The van der Waals surface area contributed by atoms with E-state index in [9.17, 15) is 18.0 Å². The molecule has 1 saturated heterocycles. The molecule has 2 rings (SSSR count). The molecular weight excluding hydrogens is 354 g/mol. The average Bonchev–Trinajstić information content (AvgIpc) is 2.63. The molecule has 0 bridgehead atoms. The Morgan fingerprint density at radius 3 is 2.35 bits per heavy atom. The Morgan fingerprint density at radius 1 is 1.19 bits per heavy atom. The smallest absolute Gasteiger partial charge is 0.243 e. The monoisotopic (exact) mass is 381 g/mol. The van der Waals surface area contributed by atoms with Gasteiger partial charge >= 0.3 is 0 Å². The fourth-order valence-corrected chi connectivity index (χ4v) is 4.23. The summed E-state index contributed by atoms with van der Waals surface area (Å²) in [7, 11) is -0.698. The van der Waals surface area contributed by atoms with Crippen LogP contribution in [0.25, 0.3) is 0 Å². The summed E-state index contributed by atoms with van der Waals surface area (Å²) in [5.41, 5.74) is 1.91. The maximum absolute atomic E-state index is 12.7. The maximum atomic E-state index is 12.7. The van der Waals surface area contributed by atoms with Crippen LogP contribution in [0.15, 0.2) is 23.1 Å². The van der Waals surface area contributed by atoms with E-state index in [0.29, 0.717) is 25.9 Å². The van der Waals surface area contributed by atoms with E-state index in [0.717, 1.165) is 15.4 Å². The highest BCUT2D eigenvalue weighted by Gasteiger charge is 2.29.